The van der Waals surface area contributed by atoms with Crippen LogP contribution in [0.5, 0.6) is 0 Å². The van der Waals surface area contributed by atoms with Crippen molar-refractivity contribution in [2.45, 2.75) is 41.5 Å². The zero-order valence-electron chi connectivity index (χ0n) is 9.31. The summed E-state index contributed by atoms with van der Waals surface area (Å²) >= 11 is 0. The lowest BCUT2D eigenvalue weighted by Crippen LogP contribution is -1.43. The first-order valence-electron chi connectivity index (χ1n) is 4.83. The van der Waals surface area contributed by atoms with Crippen LogP contribution in [0.1, 0.15) is 41.5 Å². The van der Waals surface area contributed by atoms with Gasteiger partial charge in [-0.2, -0.15) is 0 Å². The van der Waals surface area contributed by atoms with E-state index >= 15 is 0 Å². The third-order valence-electron chi connectivity index (χ3n) is 0.554. The molecule has 0 aliphatic carbocycles. The van der Waals surface area contributed by atoms with E-state index in [2.05, 4.69) is 12.1 Å². The number of hydrogen-bond acceptors (Lipinski definition) is 0. The molecule has 0 spiro atoms. The first-order chi connectivity index (χ1) is 6.00. The highest BCUT2D eigenvalue weighted by Gasteiger charge is 1.53. The van der Waals surface area contributed by atoms with Crippen molar-refractivity contribution in [2.75, 3.05) is 0 Å². The fraction of sp³-hybridized carbons (Fsp3) is 0.500. The van der Waals surface area contributed by atoms with Gasteiger partial charge < -0.3 is 0 Å². The number of rotatable bonds is 0. The average molecular weight is 166 g/mol. The molecule has 70 valence electrons. The normalized spacial score (nSPS) is 4.83. The molecular formula is C12H22. The van der Waals surface area contributed by atoms with Crippen LogP contribution in [0.15, 0.2) is 24.3 Å². The molecule has 1 aromatic rings. The fourth-order valence-electron chi connectivity index (χ4n) is 0.304. The van der Waals surface area contributed by atoms with E-state index in [0.717, 1.165) is 0 Å². The van der Waals surface area contributed by atoms with E-state index in [0.29, 0.717) is 0 Å². The Bertz CT molecular complexity index is 72.0. The Balaban J connectivity index is -0.000000117. The SMILES string of the molecule is CC.CC.CC.c1ccccc#1. The summed E-state index contributed by atoms with van der Waals surface area (Å²) in [5, 5.41) is 0. The van der Waals surface area contributed by atoms with Crippen LogP contribution in [0.4, 0.5) is 0 Å². The Morgan fingerprint density at radius 1 is 0.583 bits per heavy atom. The smallest absolute Gasteiger partial charge is 0.0115 e. The highest BCUT2D eigenvalue weighted by atomic mass is 13.6. The van der Waals surface area contributed by atoms with Gasteiger partial charge in [0, 0.05) is 0 Å². The van der Waals surface area contributed by atoms with Crippen molar-refractivity contribution in [2.24, 2.45) is 0 Å². The second-order valence-corrected chi connectivity index (χ2v) is 1.01. The van der Waals surface area contributed by atoms with Crippen molar-refractivity contribution in [3.8, 4) is 0 Å². The molecule has 0 heteroatoms. The van der Waals surface area contributed by atoms with Crippen LogP contribution < -0.4 is 0 Å². The third kappa shape index (κ3) is 23.0. The van der Waals surface area contributed by atoms with Gasteiger partial charge in [0.1, 0.15) is 0 Å². The minimum absolute atomic E-state index is 1.82. The Hall–Kier alpha value is -0.960. The molecule has 0 fully saturated rings. The maximum atomic E-state index is 2.77. The minimum Gasteiger partial charge on any atom is -0.0702 e. The zero-order valence-corrected chi connectivity index (χ0v) is 9.31. The predicted octanol–water partition coefficient (Wildman–Crippen LogP) is 4.37. The molecule has 0 saturated heterocycles. The van der Waals surface area contributed by atoms with Gasteiger partial charge in [-0.15, -0.1) is 0 Å². The fourth-order valence-corrected chi connectivity index (χ4v) is 0.304. The molecule has 1 aromatic carbocycles. The van der Waals surface area contributed by atoms with Gasteiger partial charge in [-0.25, -0.2) is 0 Å². The molecule has 0 amide bonds. The summed E-state index contributed by atoms with van der Waals surface area (Å²) in [6.07, 6.45) is 0. The second-order valence-electron chi connectivity index (χ2n) is 1.01. The van der Waals surface area contributed by atoms with Crippen LogP contribution in [0.3, 0.4) is 0 Å². The quantitative estimate of drug-likeness (QED) is 0.537. The molecule has 0 aliphatic heterocycles. The second kappa shape index (κ2) is 32.3. The molecule has 12 heavy (non-hydrogen) atoms. The molecule has 0 aliphatic rings. The van der Waals surface area contributed by atoms with E-state index in [-0.39, 0.29) is 0 Å². The lowest BCUT2D eigenvalue weighted by atomic mass is 10.4. The first-order valence-corrected chi connectivity index (χ1v) is 4.83. The van der Waals surface area contributed by atoms with Gasteiger partial charge in [0.25, 0.3) is 0 Å². The van der Waals surface area contributed by atoms with Gasteiger partial charge in [0.05, 0.1) is 0 Å². The largest absolute Gasteiger partial charge is 0.0702 e. The summed E-state index contributed by atoms with van der Waals surface area (Å²) in [5.74, 6) is 0. The van der Waals surface area contributed by atoms with E-state index < -0.39 is 0 Å². The average Bonchev–Trinajstić information content (AvgIpc) is 2.29. The van der Waals surface area contributed by atoms with Gasteiger partial charge >= 0.3 is 0 Å². The van der Waals surface area contributed by atoms with Gasteiger partial charge in [-0.3, -0.25) is 0 Å². The van der Waals surface area contributed by atoms with Crippen molar-refractivity contribution in [3.05, 3.63) is 36.4 Å². The lowest BCUT2D eigenvalue weighted by Gasteiger charge is -1.61. The summed E-state index contributed by atoms with van der Waals surface area (Å²) < 4.78 is 0. The molecule has 0 radical (unpaired) electrons. The highest BCUT2D eigenvalue weighted by molar-refractivity contribution is 4.89. The first kappa shape index (κ1) is 17.2. The van der Waals surface area contributed by atoms with E-state index in [4.69, 9.17) is 0 Å². The van der Waals surface area contributed by atoms with E-state index in [9.17, 15) is 0 Å². The molecule has 0 heterocycles. The van der Waals surface area contributed by atoms with Gasteiger partial charge in [0.2, 0.25) is 0 Å². The third-order valence-corrected chi connectivity index (χ3v) is 0.554. The molecule has 0 N–H and O–H groups in total. The maximum Gasteiger partial charge on any atom is -0.0115 e. The Kier molecular flexibility index (Phi) is 46.3. The Morgan fingerprint density at radius 3 is 0.917 bits per heavy atom. The molecule has 0 nitrogen and oxygen atoms in total. The Morgan fingerprint density at radius 2 is 0.833 bits per heavy atom. The number of hydrogen-bond donors (Lipinski definition) is 0. The maximum absolute atomic E-state index is 2.77. The Labute approximate surface area is 78.6 Å². The summed E-state index contributed by atoms with van der Waals surface area (Å²) in [5.41, 5.74) is 0. The van der Waals surface area contributed by atoms with Crippen LogP contribution in [0.25, 0.3) is 0 Å². The molecular weight excluding hydrogens is 144 g/mol. The van der Waals surface area contributed by atoms with Crippen LogP contribution in [0, 0.1) is 12.1 Å². The molecule has 0 unspecified atom stereocenters. The van der Waals surface area contributed by atoms with Crippen molar-refractivity contribution in [1.82, 2.24) is 0 Å². The zero-order chi connectivity index (χ0) is 10.2. The van der Waals surface area contributed by atoms with Crippen LogP contribution >= 0.6 is 0 Å². The van der Waals surface area contributed by atoms with Crippen molar-refractivity contribution in [1.29, 1.82) is 0 Å². The van der Waals surface area contributed by atoms with Crippen LogP contribution in [0.2, 0.25) is 0 Å². The van der Waals surface area contributed by atoms with Crippen LogP contribution in [-0.4, -0.2) is 0 Å². The molecule has 0 bridgehead atoms. The standard InChI is InChI=1S/C6H4.3C2H6/c1-2-4-6-5-3-1;3*1-2/h1-4H;3*1-2H3. The highest BCUT2D eigenvalue weighted by Crippen LogP contribution is 1.71. The molecule has 0 atom stereocenters. The summed E-state index contributed by atoms with van der Waals surface area (Å²) in [4.78, 5) is 0. The molecule has 0 saturated carbocycles. The monoisotopic (exact) mass is 166 g/mol. The van der Waals surface area contributed by atoms with Gasteiger partial charge in [-0.1, -0.05) is 65.8 Å². The topological polar surface area (TPSA) is 0 Å². The lowest BCUT2D eigenvalue weighted by molar-refractivity contribution is 1.50. The van der Waals surface area contributed by atoms with Crippen molar-refractivity contribution in [3.63, 3.8) is 0 Å². The summed E-state index contributed by atoms with van der Waals surface area (Å²) in [6.45, 7) is 12.0. The molecule has 1 rings (SSSR count). The summed E-state index contributed by atoms with van der Waals surface area (Å²) in [7, 11) is 0. The van der Waals surface area contributed by atoms with Gasteiger partial charge in [-0.05, 0) is 12.1 Å². The summed E-state index contributed by atoms with van der Waals surface area (Å²) in [6, 6.07) is 13.0. The predicted molar refractivity (Wildman–Crippen MR) is 58.2 cm³/mol. The van der Waals surface area contributed by atoms with Crippen LogP contribution in [-0.2, 0) is 0 Å². The molecule has 0 aromatic heterocycles. The van der Waals surface area contributed by atoms with E-state index in [1.165, 1.54) is 0 Å². The minimum atomic E-state index is 1.82. The van der Waals surface area contributed by atoms with E-state index in [1.54, 1.807) is 0 Å². The van der Waals surface area contributed by atoms with Crippen molar-refractivity contribution >= 4 is 0 Å². The van der Waals surface area contributed by atoms with E-state index in [1.807, 2.05) is 65.8 Å². The van der Waals surface area contributed by atoms with Gasteiger partial charge in [0.15, 0.2) is 0 Å². The van der Waals surface area contributed by atoms with Crippen molar-refractivity contribution < 1.29 is 0 Å².